The molecule has 0 heterocycles. The fourth-order valence-corrected chi connectivity index (χ4v) is 19.5. The van der Waals surface area contributed by atoms with Crippen LogP contribution in [0.25, 0.3) is 11.1 Å². The van der Waals surface area contributed by atoms with Crippen LogP contribution in [-0.2, 0) is 38.5 Å². The van der Waals surface area contributed by atoms with Crippen LogP contribution in [0.3, 0.4) is 0 Å². The summed E-state index contributed by atoms with van der Waals surface area (Å²) in [5.41, 5.74) is 15.6. The van der Waals surface area contributed by atoms with Gasteiger partial charge in [0.25, 0.3) is 0 Å². The van der Waals surface area contributed by atoms with Crippen molar-refractivity contribution in [1.82, 2.24) is 0 Å². The fraction of sp³-hybridized carbons (Fsp3) is 0.473. The van der Waals surface area contributed by atoms with Gasteiger partial charge in [-0.25, -0.2) is 0 Å². The van der Waals surface area contributed by atoms with E-state index in [0.717, 1.165) is 12.8 Å². The molecule has 58 heavy (non-hydrogen) atoms. The van der Waals surface area contributed by atoms with E-state index in [4.69, 9.17) is 0 Å². The van der Waals surface area contributed by atoms with Crippen molar-refractivity contribution in [2.75, 3.05) is 0 Å². The zero-order valence-electron chi connectivity index (χ0n) is 37.6. The van der Waals surface area contributed by atoms with Crippen molar-refractivity contribution < 1.29 is 46.1 Å². The molecule has 3 heteroatoms. The van der Waals surface area contributed by atoms with Crippen LogP contribution in [0.4, 0.5) is 0 Å². The first-order valence-electron chi connectivity index (χ1n) is 22.5. The minimum absolute atomic E-state index is 0. The molecule has 6 rings (SSSR count). The first kappa shape index (κ1) is 48.4. The summed E-state index contributed by atoms with van der Waals surface area (Å²) < 4.78 is 5.64. The summed E-state index contributed by atoms with van der Waals surface area (Å²) in [6.07, 6.45) is 22.2. The van der Waals surface area contributed by atoms with Crippen LogP contribution in [0.2, 0.25) is 0 Å². The van der Waals surface area contributed by atoms with E-state index >= 15 is 0 Å². The van der Waals surface area contributed by atoms with Crippen molar-refractivity contribution in [2.45, 2.75) is 169 Å². The summed E-state index contributed by atoms with van der Waals surface area (Å²) in [6.45, 7) is 24.6. The summed E-state index contributed by atoms with van der Waals surface area (Å²) in [5, 5.41) is 0. The van der Waals surface area contributed by atoms with Crippen LogP contribution in [0, 0.1) is 13.8 Å². The molecule has 0 radical (unpaired) electrons. The minimum Gasteiger partial charge on any atom is -1.00 e. The van der Waals surface area contributed by atoms with Crippen LogP contribution in [0.15, 0.2) is 100 Å². The minimum atomic E-state index is -2.51. The summed E-state index contributed by atoms with van der Waals surface area (Å²) in [6, 6.07) is 30.9. The monoisotopic (exact) mass is 892 g/mol. The van der Waals surface area contributed by atoms with E-state index in [1.807, 2.05) is 9.76 Å². The van der Waals surface area contributed by atoms with Crippen molar-refractivity contribution in [2.24, 2.45) is 0 Å². The zero-order chi connectivity index (χ0) is 40.0. The van der Waals surface area contributed by atoms with E-state index in [9.17, 15) is 0 Å². The number of halogens is 2. The van der Waals surface area contributed by atoms with E-state index in [0.29, 0.717) is 11.8 Å². The van der Waals surface area contributed by atoms with Crippen LogP contribution < -0.4 is 28.1 Å². The Labute approximate surface area is 374 Å². The Morgan fingerprint density at radius 2 is 1.17 bits per heavy atom. The van der Waals surface area contributed by atoms with Gasteiger partial charge in [-0.05, 0) is 0 Å². The predicted molar refractivity (Wildman–Crippen MR) is 244 cm³/mol. The maximum absolute atomic E-state index is 2.75. The normalized spacial score (nSPS) is 14.1. The maximum Gasteiger partial charge on any atom is -1.00 e. The maximum atomic E-state index is 2.75. The SMILES string of the molecule is CCCC[C](CCCC)=[Zr+2]([C]1=CC=CC1)[c]1c(C)c(C(CCC)C(C)(C)c2ccccc2)cc2c1Cc1cc(C)c(C(CCC)C(C)(C)c3ccccc3)cc1-2.[Cl-].[Cl-]. The van der Waals surface area contributed by atoms with E-state index in [1.165, 1.54) is 86.5 Å². The summed E-state index contributed by atoms with van der Waals surface area (Å²) in [7, 11) is 0. The predicted octanol–water partition coefficient (Wildman–Crippen LogP) is 9.25. The molecule has 0 fully saturated rings. The van der Waals surface area contributed by atoms with Gasteiger partial charge in [-0.1, -0.05) is 0 Å². The number of unbranched alkanes of at least 4 members (excludes halogenated alkanes) is 2. The van der Waals surface area contributed by atoms with Gasteiger partial charge in [0.2, 0.25) is 0 Å². The van der Waals surface area contributed by atoms with Gasteiger partial charge >= 0.3 is 353 Å². The van der Waals surface area contributed by atoms with Gasteiger partial charge in [-0.3, -0.25) is 0 Å². The molecule has 2 aliphatic rings. The number of aryl methyl sites for hydroxylation is 1. The second kappa shape index (κ2) is 21.5. The number of hydrogen-bond acceptors (Lipinski definition) is 0. The number of hydrogen-bond donors (Lipinski definition) is 0. The van der Waals surface area contributed by atoms with E-state index < -0.39 is 21.3 Å². The molecule has 2 atom stereocenters. The van der Waals surface area contributed by atoms with Crippen LogP contribution in [0.5, 0.6) is 0 Å². The summed E-state index contributed by atoms with van der Waals surface area (Å²) in [4.78, 5) is 0. The quantitative estimate of drug-likeness (QED) is 0.0824. The van der Waals surface area contributed by atoms with Gasteiger partial charge in [0.1, 0.15) is 0 Å². The molecule has 0 nitrogen and oxygen atoms in total. The molecular weight excluding hydrogens is 823 g/mol. The van der Waals surface area contributed by atoms with Gasteiger partial charge in [-0.15, -0.1) is 0 Å². The molecular formula is C55H72Cl2Zr. The van der Waals surface area contributed by atoms with Gasteiger partial charge in [0.15, 0.2) is 0 Å². The Morgan fingerprint density at radius 1 is 0.655 bits per heavy atom. The molecule has 0 N–H and O–H groups in total. The summed E-state index contributed by atoms with van der Waals surface area (Å²) in [5.74, 6) is 0.884. The first-order chi connectivity index (χ1) is 27.0. The van der Waals surface area contributed by atoms with Crippen molar-refractivity contribution in [3.63, 3.8) is 0 Å². The molecule has 0 aliphatic heterocycles. The van der Waals surface area contributed by atoms with Gasteiger partial charge < -0.3 is 24.8 Å². The van der Waals surface area contributed by atoms with Gasteiger partial charge in [-0.2, -0.15) is 0 Å². The average Bonchev–Trinajstić information content (AvgIpc) is 3.86. The number of benzene rings is 4. The molecule has 0 saturated heterocycles. The molecule has 0 bridgehead atoms. The fourth-order valence-electron chi connectivity index (χ4n) is 10.6. The largest absolute Gasteiger partial charge is 1.00 e. The molecule has 0 aromatic heterocycles. The first-order valence-corrected chi connectivity index (χ1v) is 26.2. The van der Waals surface area contributed by atoms with Gasteiger partial charge in [0, 0.05) is 0 Å². The van der Waals surface area contributed by atoms with Crippen molar-refractivity contribution >= 4 is 6.48 Å². The molecule has 4 aromatic rings. The molecule has 0 amide bonds. The summed E-state index contributed by atoms with van der Waals surface area (Å²) >= 11 is -2.51. The number of fused-ring (bicyclic) bond motifs is 3. The molecule has 0 saturated carbocycles. The molecule has 0 spiro atoms. The van der Waals surface area contributed by atoms with Crippen molar-refractivity contribution in [3.8, 4) is 11.1 Å². The van der Waals surface area contributed by atoms with Crippen LogP contribution >= 0.6 is 0 Å². The Bertz CT molecular complexity index is 2050. The van der Waals surface area contributed by atoms with E-state index in [1.54, 1.807) is 33.4 Å². The Hall–Kier alpha value is -2.31. The zero-order valence-corrected chi connectivity index (χ0v) is 41.6. The number of allylic oxidation sites excluding steroid dienone is 4. The van der Waals surface area contributed by atoms with Gasteiger partial charge in [0.05, 0.1) is 0 Å². The van der Waals surface area contributed by atoms with Crippen LogP contribution in [0.1, 0.15) is 182 Å². The van der Waals surface area contributed by atoms with E-state index in [2.05, 4.69) is 166 Å². The molecule has 310 valence electrons. The molecule has 4 aromatic carbocycles. The second-order valence-corrected chi connectivity index (χ2v) is 24.8. The van der Waals surface area contributed by atoms with Crippen molar-refractivity contribution in [3.05, 3.63) is 145 Å². The Morgan fingerprint density at radius 3 is 1.66 bits per heavy atom. The average molecular weight is 895 g/mol. The third-order valence-corrected chi connectivity index (χ3v) is 22.3. The second-order valence-electron chi connectivity index (χ2n) is 18.4. The molecule has 2 aliphatic carbocycles. The standard InChI is InChI=1S/C41H49.C9H18.C5H5.2ClH.Zr/c1-9-17-38(40(5,6)32-19-13-11-14-20-32)34-26-36-30(23-28(34)3)25-31-24-29(4)35(27-37(31)36)39(18-10-2)41(7,8)33-21-15-12-16-22-33;1-3-5-7-9-8-6-4-2;1-2-4-5-3-1;;;/h11-16,19-23,26-27,38-39H,9-10,17-18,25H2,1-8H3;3-8H2,1-2H3;1-3H,4H2;2*1H;/q;;;;;+2/p-2. The number of rotatable bonds is 18. The third kappa shape index (κ3) is 9.90. The Balaban J connectivity index is 0.00000372. The van der Waals surface area contributed by atoms with Crippen molar-refractivity contribution in [1.29, 1.82) is 0 Å². The van der Waals surface area contributed by atoms with Crippen LogP contribution in [-0.4, -0.2) is 3.21 Å². The Kier molecular flexibility index (Phi) is 17.9. The topological polar surface area (TPSA) is 0 Å². The smallest absolute Gasteiger partial charge is 1.00 e. The third-order valence-electron chi connectivity index (χ3n) is 13.9. The molecule has 2 unspecified atom stereocenters. The van der Waals surface area contributed by atoms with E-state index in [-0.39, 0.29) is 35.6 Å².